The number of hydrogen-bond donors (Lipinski definition) is 1. The van der Waals surface area contributed by atoms with Gasteiger partial charge in [-0.25, -0.2) is 4.98 Å². The van der Waals surface area contributed by atoms with Gasteiger partial charge in [-0.1, -0.05) is 24.8 Å². The molecule has 0 bridgehead atoms. The molecule has 1 N–H and O–H groups in total. The van der Waals surface area contributed by atoms with Crippen molar-refractivity contribution in [2.45, 2.75) is 57.0 Å². The molecule has 1 aliphatic rings. The van der Waals surface area contributed by atoms with Gasteiger partial charge >= 0.3 is 0 Å². The van der Waals surface area contributed by atoms with Crippen molar-refractivity contribution in [2.75, 3.05) is 0 Å². The fourth-order valence-electron chi connectivity index (χ4n) is 3.56. The number of H-pyrrole nitrogens is 1. The zero-order valence-corrected chi connectivity index (χ0v) is 17.4. The number of fused-ring (bicyclic) bond motifs is 3. The van der Waals surface area contributed by atoms with E-state index in [9.17, 15) is 4.79 Å². The molecule has 0 aliphatic heterocycles. The second-order valence-corrected chi connectivity index (χ2v) is 9.56. The summed E-state index contributed by atoms with van der Waals surface area (Å²) >= 11 is 3.23. The fourth-order valence-corrected chi connectivity index (χ4v) is 5.91. The Morgan fingerprint density at radius 1 is 1.48 bits per heavy atom. The summed E-state index contributed by atoms with van der Waals surface area (Å²) in [6.45, 7) is 10.7. The van der Waals surface area contributed by atoms with Crippen molar-refractivity contribution in [1.29, 1.82) is 0 Å². The molecule has 0 unspecified atom stereocenters. The highest BCUT2D eigenvalue weighted by Crippen LogP contribution is 2.37. The molecule has 27 heavy (non-hydrogen) atoms. The molecule has 1 aliphatic carbocycles. The Hall–Kier alpha value is -1.93. The van der Waals surface area contributed by atoms with Gasteiger partial charge in [0, 0.05) is 11.4 Å². The van der Waals surface area contributed by atoms with E-state index in [2.05, 4.69) is 28.7 Å². The van der Waals surface area contributed by atoms with Crippen molar-refractivity contribution in [1.82, 2.24) is 24.7 Å². The number of rotatable bonds is 5. The number of nitrogens with one attached hydrogen (secondary N) is 1. The van der Waals surface area contributed by atoms with Crippen LogP contribution in [0.2, 0.25) is 0 Å². The highest BCUT2D eigenvalue weighted by atomic mass is 32.2. The summed E-state index contributed by atoms with van der Waals surface area (Å²) in [5, 5.41) is 9.98. The predicted molar refractivity (Wildman–Crippen MR) is 111 cm³/mol. The van der Waals surface area contributed by atoms with Crippen LogP contribution in [0.5, 0.6) is 0 Å². The lowest BCUT2D eigenvalue weighted by molar-refractivity contribution is 0.509. The fraction of sp³-hybridized carbons (Fsp3) is 0.474. The number of aromatic nitrogens is 5. The van der Waals surface area contributed by atoms with Gasteiger partial charge in [-0.15, -0.1) is 28.1 Å². The molecule has 0 spiro atoms. The Labute approximate surface area is 166 Å². The van der Waals surface area contributed by atoms with Crippen molar-refractivity contribution in [3.63, 3.8) is 0 Å². The summed E-state index contributed by atoms with van der Waals surface area (Å²) in [7, 11) is 0. The standard InChI is InChI=1S/C19H23N5OS2/c1-5-8-24-12(4)22-23-19(24)26-11(3)16-20-17(25)15-13-7-6-10(2)9-14(13)27-18(15)21-16/h5,10-11H,1,6-9H2,2-4H3,(H,20,21,25)/t10-,11-/m1/s1. The second-order valence-electron chi connectivity index (χ2n) is 7.17. The van der Waals surface area contributed by atoms with Crippen LogP contribution in [-0.4, -0.2) is 24.7 Å². The van der Waals surface area contributed by atoms with E-state index in [1.54, 1.807) is 23.1 Å². The monoisotopic (exact) mass is 401 g/mol. The summed E-state index contributed by atoms with van der Waals surface area (Å²) in [5.74, 6) is 2.22. The van der Waals surface area contributed by atoms with Crippen LogP contribution in [0.15, 0.2) is 22.6 Å². The van der Waals surface area contributed by atoms with E-state index in [1.807, 2.05) is 24.5 Å². The second kappa shape index (κ2) is 7.24. The van der Waals surface area contributed by atoms with Crippen LogP contribution >= 0.6 is 23.1 Å². The molecule has 0 amide bonds. The molecular weight excluding hydrogens is 378 g/mol. The lowest BCUT2D eigenvalue weighted by Gasteiger charge is -2.17. The van der Waals surface area contributed by atoms with Gasteiger partial charge in [0.15, 0.2) is 5.16 Å². The third-order valence-corrected chi connectivity index (χ3v) is 7.30. The minimum absolute atomic E-state index is 0.0155. The van der Waals surface area contributed by atoms with Crippen LogP contribution in [0.1, 0.15) is 47.6 Å². The van der Waals surface area contributed by atoms with Crippen molar-refractivity contribution < 1.29 is 0 Å². The molecular formula is C19H23N5OS2. The number of allylic oxidation sites excluding steroid dienone is 1. The summed E-state index contributed by atoms with van der Waals surface area (Å²) in [6.07, 6.45) is 5.01. The summed E-state index contributed by atoms with van der Waals surface area (Å²) < 4.78 is 2.01. The highest BCUT2D eigenvalue weighted by Gasteiger charge is 2.24. The number of aryl methyl sites for hydroxylation is 2. The molecule has 0 saturated carbocycles. The van der Waals surface area contributed by atoms with E-state index in [0.717, 1.165) is 40.5 Å². The normalized spacial score (nSPS) is 17.8. The number of thioether (sulfide) groups is 1. The molecule has 0 radical (unpaired) electrons. The number of thiophene rings is 1. The quantitative estimate of drug-likeness (QED) is 0.516. The van der Waals surface area contributed by atoms with Gasteiger partial charge in [-0.3, -0.25) is 4.79 Å². The molecule has 2 atom stereocenters. The van der Waals surface area contributed by atoms with Crippen molar-refractivity contribution in [3.05, 3.63) is 45.1 Å². The Balaban J connectivity index is 1.68. The minimum Gasteiger partial charge on any atom is -0.309 e. The van der Waals surface area contributed by atoms with Crippen molar-refractivity contribution in [3.8, 4) is 0 Å². The molecule has 3 aromatic rings. The Morgan fingerprint density at radius 3 is 3.07 bits per heavy atom. The Morgan fingerprint density at radius 2 is 2.30 bits per heavy atom. The minimum atomic E-state index is -0.0349. The van der Waals surface area contributed by atoms with Crippen molar-refractivity contribution >= 4 is 33.3 Å². The van der Waals surface area contributed by atoms with Crippen LogP contribution < -0.4 is 5.56 Å². The maximum absolute atomic E-state index is 12.8. The Bertz CT molecular complexity index is 1060. The van der Waals surface area contributed by atoms with Gasteiger partial charge in [0.1, 0.15) is 16.5 Å². The van der Waals surface area contributed by atoms with Crippen LogP contribution in [0.25, 0.3) is 10.2 Å². The predicted octanol–water partition coefficient (Wildman–Crippen LogP) is 4.05. The first kappa shape index (κ1) is 18.4. The molecule has 6 nitrogen and oxygen atoms in total. The van der Waals surface area contributed by atoms with Crippen LogP contribution in [0.4, 0.5) is 0 Å². The molecule has 3 heterocycles. The van der Waals surface area contributed by atoms with Gasteiger partial charge in [0.2, 0.25) is 0 Å². The van der Waals surface area contributed by atoms with Gasteiger partial charge in [0.25, 0.3) is 5.56 Å². The number of hydrogen-bond acceptors (Lipinski definition) is 6. The van der Waals surface area contributed by atoms with Gasteiger partial charge in [0.05, 0.1) is 10.6 Å². The van der Waals surface area contributed by atoms with E-state index in [1.165, 1.54) is 10.4 Å². The van der Waals surface area contributed by atoms with Crippen LogP contribution in [0, 0.1) is 12.8 Å². The first-order valence-electron chi connectivity index (χ1n) is 9.19. The lowest BCUT2D eigenvalue weighted by Crippen LogP contribution is -2.15. The smallest absolute Gasteiger partial charge is 0.259 e. The summed E-state index contributed by atoms with van der Waals surface area (Å²) in [5.41, 5.74) is 1.20. The van der Waals surface area contributed by atoms with E-state index in [4.69, 9.17) is 4.98 Å². The maximum atomic E-state index is 12.8. The van der Waals surface area contributed by atoms with Gasteiger partial charge in [-0.2, -0.15) is 0 Å². The summed E-state index contributed by atoms with van der Waals surface area (Å²) in [4.78, 5) is 22.8. The highest BCUT2D eigenvalue weighted by molar-refractivity contribution is 7.99. The molecule has 0 fully saturated rings. The Kier molecular flexibility index (Phi) is 4.94. The first-order chi connectivity index (χ1) is 13.0. The third kappa shape index (κ3) is 3.36. The van der Waals surface area contributed by atoms with E-state index in [-0.39, 0.29) is 10.8 Å². The number of nitrogens with zero attached hydrogens (tertiary/aromatic N) is 4. The SMILES string of the molecule is C=CCn1c(C)nnc1S[C@H](C)c1nc2sc3c(c2c(=O)[nH]1)CC[C@@H](C)C3. The largest absolute Gasteiger partial charge is 0.309 e. The van der Waals surface area contributed by atoms with E-state index >= 15 is 0 Å². The molecule has 4 rings (SSSR count). The average Bonchev–Trinajstić information content (AvgIpc) is 3.16. The zero-order valence-electron chi connectivity index (χ0n) is 15.8. The van der Waals surface area contributed by atoms with E-state index in [0.29, 0.717) is 18.3 Å². The third-order valence-electron chi connectivity index (χ3n) is 5.06. The molecule has 3 aromatic heterocycles. The summed E-state index contributed by atoms with van der Waals surface area (Å²) in [6, 6.07) is 0. The zero-order chi connectivity index (χ0) is 19.1. The first-order valence-corrected chi connectivity index (χ1v) is 10.9. The topological polar surface area (TPSA) is 76.5 Å². The van der Waals surface area contributed by atoms with Gasteiger partial charge < -0.3 is 9.55 Å². The number of aromatic amines is 1. The van der Waals surface area contributed by atoms with E-state index < -0.39 is 0 Å². The molecule has 0 aromatic carbocycles. The molecule has 142 valence electrons. The lowest BCUT2D eigenvalue weighted by atomic mass is 9.89. The van der Waals surface area contributed by atoms with Gasteiger partial charge in [-0.05, 0) is 44.6 Å². The molecule has 8 heteroatoms. The maximum Gasteiger partial charge on any atom is 0.259 e. The molecule has 0 saturated heterocycles. The van der Waals surface area contributed by atoms with Crippen LogP contribution in [0.3, 0.4) is 0 Å². The van der Waals surface area contributed by atoms with Crippen molar-refractivity contribution in [2.24, 2.45) is 5.92 Å². The van der Waals surface area contributed by atoms with Crippen LogP contribution in [-0.2, 0) is 19.4 Å². The average molecular weight is 402 g/mol.